The molecule has 0 saturated heterocycles. The van der Waals surface area contributed by atoms with E-state index >= 15 is 0 Å². The molecule has 0 radical (unpaired) electrons. The maximum Gasteiger partial charge on any atom is 0.324 e. The van der Waals surface area contributed by atoms with Gasteiger partial charge in [-0.25, -0.2) is 12.8 Å². The van der Waals surface area contributed by atoms with Gasteiger partial charge in [0.25, 0.3) is 15.7 Å². The Morgan fingerprint density at radius 1 is 1.28 bits per heavy atom. The molecule has 0 atom stereocenters. The molecule has 0 unspecified atom stereocenters. The van der Waals surface area contributed by atoms with Crippen molar-refractivity contribution in [3.63, 3.8) is 0 Å². The fourth-order valence-corrected chi connectivity index (χ4v) is 3.58. The second-order valence-corrected chi connectivity index (χ2v) is 7.03. The van der Waals surface area contributed by atoms with E-state index in [2.05, 4.69) is 0 Å². The van der Waals surface area contributed by atoms with E-state index < -0.39 is 48.9 Å². The van der Waals surface area contributed by atoms with Crippen LogP contribution in [0.4, 0.5) is 15.8 Å². The molecule has 0 aliphatic rings. The summed E-state index contributed by atoms with van der Waals surface area (Å²) in [6.07, 6.45) is 0. The van der Waals surface area contributed by atoms with Crippen molar-refractivity contribution in [3.8, 4) is 0 Å². The summed E-state index contributed by atoms with van der Waals surface area (Å²) in [6.45, 7) is -0.979. The van der Waals surface area contributed by atoms with Gasteiger partial charge in [0.1, 0.15) is 12.4 Å². The van der Waals surface area contributed by atoms with Crippen LogP contribution in [0.1, 0.15) is 0 Å². The minimum atomic E-state index is -4.47. The quantitative estimate of drug-likeness (QED) is 0.600. The molecule has 132 valence electrons. The molecule has 25 heavy (non-hydrogen) atoms. The number of rotatable bonds is 6. The second kappa shape index (κ2) is 7.03. The number of nitrogens with zero attached hydrogens (tertiary/aromatic N) is 2. The van der Waals surface area contributed by atoms with E-state index in [1.807, 2.05) is 0 Å². The first-order chi connectivity index (χ1) is 11.6. The van der Waals surface area contributed by atoms with Gasteiger partial charge in [-0.05, 0) is 24.3 Å². The minimum absolute atomic E-state index is 0.194. The summed E-state index contributed by atoms with van der Waals surface area (Å²) in [5.41, 5.74) is -0.672. The molecule has 0 amide bonds. The number of aliphatic carboxylic acids is 1. The maximum atomic E-state index is 13.3. The number of sulfonamides is 1. The lowest BCUT2D eigenvalue weighted by molar-refractivity contribution is -0.385. The van der Waals surface area contributed by atoms with Gasteiger partial charge in [0.05, 0.1) is 20.5 Å². The molecule has 2 rings (SSSR count). The Morgan fingerprint density at radius 3 is 2.52 bits per heavy atom. The van der Waals surface area contributed by atoms with Gasteiger partial charge in [-0.2, -0.15) is 0 Å². The average Bonchev–Trinajstić information content (AvgIpc) is 2.55. The van der Waals surface area contributed by atoms with Crippen LogP contribution in [0.5, 0.6) is 0 Å². The number of carboxylic acids is 1. The number of anilines is 1. The molecule has 0 heterocycles. The maximum absolute atomic E-state index is 13.3. The average molecular weight is 389 g/mol. The van der Waals surface area contributed by atoms with Gasteiger partial charge in [-0.1, -0.05) is 17.7 Å². The van der Waals surface area contributed by atoms with Crippen molar-refractivity contribution in [1.82, 2.24) is 0 Å². The molecule has 0 aliphatic heterocycles. The number of nitro benzene ring substituents is 1. The van der Waals surface area contributed by atoms with Gasteiger partial charge in [0.15, 0.2) is 0 Å². The van der Waals surface area contributed by atoms with Crippen LogP contribution in [0.2, 0.25) is 5.02 Å². The predicted molar refractivity (Wildman–Crippen MR) is 86.7 cm³/mol. The first kappa shape index (κ1) is 18.6. The summed E-state index contributed by atoms with van der Waals surface area (Å²) in [7, 11) is -4.47. The first-order valence-electron chi connectivity index (χ1n) is 6.57. The van der Waals surface area contributed by atoms with Crippen LogP contribution in [0, 0.1) is 15.9 Å². The number of hydrogen-bond donors (Lipinski definition) is 1. The largest absolute Gasteiger partial charge is 0.480 e. The Balaban J connectivity index is 2.59. The number of non-ortho nitro benzene ring substituents is 1. The van der Waals surface area contributed by atoms with Crippen molar-refractivity contribution in [2.24, 2.45) is 0 Å². The molecule has 2 aromatic rings. The van der Waals surface area contributed by atoms with Crippen LogP contribution in [0.25, 0.3) is 0 Å². The third kappa shape index (κ3) is 4.03. The van der Waals surface area contributed by atoms with E-state index in [-0.39, 0.29) is 5.69 Å². The van der Waals surface area contributed by atoms with Crippen LogP contribution in [0.15, 0.2) is 47.4 Å². The molecule has 8 nitrogen and oxygen atoms in total. The van der Waals surface area contributed by atoms with E-state index in [4.69, 9.17) is 16.7 Å². The smallest absolute Gasteiger partial charge is 0.324 e. The predicted octanol–water partition coefficient (Wildman–Crippen LogP) is 2.67. The number of carbonyl (C=O) groups is 1. The molecule has 0 aliphatic carbocycles. The third-order valence-electron chi connectivity index (χ3n) is 3.09. The van der Waals surface area contributed by atoms with E-state index in [1.54, 1.807) is 0 Å². The van der Waals surface area contributed by atoms with Crippen LogP contribution < -0.4 is 4.31 Å². The third-order valence-corrected chi connectivity index (χ3v) is 5.15. The number of halogens is 2. The molecular formula is C14H10ClFN2O6S. The topological polar surface area (TPSA) is 118 Å². The van der Waals surface area contributed by atoms with E-state index in [0.717, 1.165) is 42.5 Å². The molecule has 0 aromatic heterocycles. The molecule has 0 fully saturated rings. The van der Waals surface area contributed by atoms with Crippen molar-refractivity contribution < 1.29 is 27.6 Å². The Kier molecular flexibility index (Phi) is 5.24. The van der Waals surface area contributed by atoms with Crippen LogP contribution >= 0.6 is 11.6 Å². The number of hydrogen-bond acceptors (Lipinski definition) is 5. The van der Waals surface area contributed by atoms with Crippen molar-refractivity contribution in [2.45, 2.75) is 4.90 Å². The standard InChI is InChI=1S/C14H10ClFN2O6S/c15-12-7-9(4-5-13(12)16)17(8-14(19)20)25(23,24)11-3-1-2-10(6-11)18(21)22/h1-7H,8H2,(H,19,20). The molecule has 0 saturated carbocycles. The lowest BCUT2D eigenvalue weighted by atomic mass is 10.3. The van der Waals surface area contributed by atoms with Crippen LogP contribution in [0.3, 0.4) is 0 Å². The Labute approximate surface area is 146 Å². The SMILES string of the molecule is O=C(O)CN(c1ccc(F)c(Cl)c1)S(=O)(=O)c1cccc([N+](=O)[O-])c1. The number of benzene rings is 2. The van der Waals surface area contributed by atoms with E-state index in [0.29, 0.717) is 4.31 Å². The minimum Gasteiger partial charge on any atom is -0.480 e. The molecule has 1 N–H and O–H groups in total. The second-order valence-electron chi connectivity index (χ2n) is 4.76. The summed E-state index contributed by atoms with van der Waals surface area (Å²) < 4.78 is 39.3. The molecule has 0 bridgehead atoms. The normalized spacial score (nSPS) is 11.1. The van der Waals surface area contributed by atoms with Crippen LogP contribution in [-0.2, 0) is 14.8 Å². The van der Waals surface area contributed by atoms with Gasteiger partial charge in [0, 0.05) is 12.1 Å². The highest BCUT2D eigenvalue weighted by Crippen LogP contribution is 2.28. The highest BCUT2D eigenvalue weighted by atomic mass is 35.5. The molecule has 0 spiro atoms. The van der Waals surface area contributed by atoms with E-state index in [9.17, 15) is 27.7 Å². The number of nitro groups is 1. The Morgan fingerprint density at radius 2 is 1.96 bits per heavy atom. The van der Waals surface area contributed by atoms with Gasteiger partial charge in [0.2, 0.25) is 0 Å². The fraction of sp³-hybridized carbons (Fsp3) is 0.0714. The summed E-state index contributed by atoms with van der Waals surface area (Å²) in [5.74, 6) is -2.29. The Hall–Kier alpha value is -2.72. The first-order valence-corrected chi connectivity index (χ1v) is 8.39. The number of carboxylic acid groups (broad SMARTS) is 1. The van der Waals surface area contributed by atoms with E-state index in [1.165, 1.54) is 0 Å². The zero-order chi connectivity index (χ0) is 18.8. The van der Waals surface area contributed by atoms with Crippen molar-refractivity contribution >= 4 is 39.0 Å². The highest BCUT2D eigenvalue weighted by molar-refractivity contribution is 7.92. The van der Waals surface area contributed by atoms with Crippen molar-refractivity contribution in [1.29, 1.82) is 0 Å². The lowest BCUT2D eigenvalue weighted by Crippen LogP contribution is -2.35. The monoisotopic (exact) mass is 388 g/mol. The lowest BCUT2D eigenvalue weighted by Gasteiger charge is -2.23. The van der Waals surface area contributed by atoms with Crippen LogP contribution in [-0.4, -0.2) is 31.0 Å². The van der Waals surface area contributed by atoms with Gasteiger partial charge in [-0.3, -0.25) is 19.2 Å². The van der Waals surface area contributed by atoms with Gasteiger partial charge >= 0.3 is 5.97 Å². The molecular weight excluding hydrogens is 379 g/mol. The van der Waals surface area contributed by atoms with Crippen molar-refractivity contribution in [2.75, 3.05) is 10.8 Å². The summed E-state index contributed by atoms with van der Waals surface area (Å²) in [4.78, 5) is 20.6. The van der Waals surface area contributed by atoms with Gasteiger partial charge < -0.3 is 5.11 Å². The fourth-order valence-electron chi connectivity index (χ4n) is 1.96. The summed E-state index contributed by atoms with van der Waals surface area (Å²) in [5, 5.41) is 19.4. The zero-order valence-electron chi connectivity index (χ0n) is 12.3. The zero-order valence-corrected chi connectivity index (χ0v) is 13.9. The van der Waals surface area contributed by atoms with Crippen molar-refractivity contribution in [3.05, 3.63) is 63.4 Å². The highest BCUT2D eigenvalue weighted by Gasteiger charge is 2.29. The summed E-state index contributed by atoms with van der Waals surface area (Å²) >= 11 is 5.62. The molecule has 2 aromatic carbocycles. The van der Waals surface area contributed by atoms with Gasteiger partial charge in [-0.15, -0.1) is 0 Å². The summed E-state index contributed by atoms with van der Waals surface area (Å²) in [6, 6.07) is 7.01. The Bertz CT molecular complexity index is 950. The molecule has 11 heteroatoms.